The van der Waals surface area contributed by atoms with Crippen molar-refractivity contribution in [2.75, 3.05) is 0 Å². The standard InChI is InChI=1S/C26H23N3O3/c30-19-9-11-28-17-7-3-1-5-14(17)21-16-13-27-26(32)23(16)22-15-6-2-4-8-18(15)29(12-10-20(19)31)25(22)24(21)28/h1-8,19-20,30-31H,9-13H2,(H,27,32). The lowest BCUT2D eigenvalue weighted by Crippen LogP contribution is -2.29. The molecule has 2 atom stereocenters. The van der Waals surface area contributed by atoms with Crippen LogP contribution in [0.3, 0.4) is 0 Å². The number of nitrogens with one attached hydrogen (secondary N) is 1. The van der Waals surface area contributed by atoms with Crippen LogP contribution in [0.1, 0.15) is 28.8 Å². The van der Waals surface area contributed by atoms with Crippen molar-refractivity contribution in [3.63, 3.8) is 0 Å². The van der Waals surface area contributed by atoms with E-state index in [0.29, 0.717) is 32.5 Å². The Morgan fingerprint density at radius 2 is 1.31 bits per heavy atom. The van der Waals surface area contributed by atoms with Gasteiger partial charge < -0.3 is 24.7 Å². The minimum atomic E-state index is -0.789. The Labute approximate surface area is 183 Å². The number of aromatic nitrogens is 2. The monoisotopic (exact) mass is 425 g/mol. The van der Waals surface area contributed by atoms with Crippen LogP contribution in [0.2, 0.25) is 0 Å². The van der Waals surface area contributed by atoms with Crippen LogP contribution in [0.25, 0.3) is 43.6 Å². The maximum absolute atomic E-state index is 13.1. The Balaban J connectivity index is 1.80. The topological polar surface area (TPSA) is 79.4 Å². The fourth-order valence-electron chi connectivity index (χ4n) is 5.99. The fraction of sp³-hybridized carbons (Fsp3) is 0.269. The van der Waals surface area contributed by atoms with Crippen LogP contribution in [-0.4, -0.2) is 37.5 Å². The zero-order valence-electron chi connectivity index (χ0n) is 17.5. The first kappa shape index (κ1) is 18.2. The average molecular weight is 425 g/mol. The highest BCUT2D eigenvalue weighted by molar-refractivity contribution is 6.30. The number of para-hydroxylation sites is 2. The summed E-state index contributed by atoms with van der Waals surface area (Å²) in [5, 5.41) is 28.6. The molecule has 0 saturated heterocycles. The molecule has 6 heteroatoms. The lowest BCUT2D eigenvalue weighted by atomic mass is 9.97. The molecule has 0 bridgehead atoms. The van der Waals surface area contributed by atoms with Gasteiger partial charge in [-0.1, -0.05) is 36.4 Å². The van der Waals surface area contributed by atoms with Gasteiger partial charge in [-0.25, -0.2) is 0 Å². The van der Waals surface area contributed by atoms with E-state index in [0.717, 1.165) is 54.7 Å². The van der Waals surface area contributed by atoms with Crippen LogP contribution in [0, 0.1) is 0 Å². The molecular weight excluding hydrogens is 402 g/mol. The van der Waals surface area contributed by atoms with Crippen molar-refractivity contribution in [3.05, 3.63) is 59.7 Å². The van der Waals surface area contributed by atoms with Gasteiger partial charge in [0.25, 0.3) is 5.91 Å². The van der Waals surface area contributed by atoms with Crippen LogP contribution in [0.15, 0.2) is 48.5 Å². The van der Waals surface area contributed by atoms with Crippen molar-refractivity contribution in [3.8, 4) is 0 Å². The molecule has 0 aliphatic carbocycles. The maximum Gasteiger partial charge on any atom is 0.252 e. The number of aryl methyl sites for hydroxylation is 2. The lowest BCUT2D eigenvalue weighted by Gasteiger charge is -2.22. The number of rotatable bonds is 0. The van der Waals surface area contributed by atoms with Crippen molar-refractivity contribution in [1.29, 1.82) is 0 Å². The van der Waals surface area contributed by atoms with E-state index in [4.69, 9.17) is 0 Å². The quantitative estimate of drug-likeness (QED) is 0.354. The van der Waals surface area contributed by atoms with E-state index in [1.54, 1.807) is 0 Å². The summed E-state index contributed by atoms with van der Waals surface area (Å²) >= 11 is 0. The molecule has 0 saturated carbocycles. The predicted octanol–water partition coefficient (Wildman–Crippen LogP) is 3.66. The summed E-state index contributed by atoms with van der Waals surface area (Å²) in [5.41, 5.74) is 6.16. The van der Waals surface area contributed by atoms with E-state index in [2.05, 4.69) is 38.7 Å². The molecule has 0 fully saturated rings. The van der Waals surface area contributed by atoms with E-state index in [1.165, 1.54) is 0 Å². The lowest BCUT2D eigenvalue weighted by molar-refractivity contribution is 0.00574. The second kappa shape index (κ2) is 6.34. The summed E-state index contributed by atoms with van der Waals surface area (Å²) < 4.78 is 4.53. The molecule has 5 aromatic rings. The Morgan fingerprint density at radius 3 is 1.94 bits per heavy atom. The van der Waals surface area contributed by atoms with Gasteiger partial charge in [0.1, 0.15) is 0 Å². The normalized spacial score (nSPS) is 21.1. The number of aliphatic hydroxyl groups excluding tert-OH is 2. The molecule has 2 aliphatic heterocycles. The van der Waals surface area contributed by atoms with E-state index in [9.17, 15) is 15.0 Å². The van der Waals surface area contributed by atoms with Gasteiger partial charge in [-0.3, -0.25) is 4.79 Å². The number of nitrogens with zero attached hydrogens (tertiary/aromatic N) is 2. The molecule has 7 rings (SSSR count). The highest BCUT2D eigenvalue weighted by Crippen LogP contribution is 2.45. The molecule has 4 heterocycles. The molecule has 0 spiro atoms. The third kappa shape index (κ3) is 2.18. The molecule has 160 valence electrons. The van der Waals surface area contributed by atoms with Crippen molar-refractivity contribution in [1.82, 2.24) is 14.5 Å². The summed E-state index contributed by atoms with van der Waals surface area (Å²) in [5.74, 6) is -0.0193. The smallest absolute Gasteiger partial charge is 0.252 e. The highest BCUT2D eigenvalue weighted by Gasteiger charge is 2.32. The number of amides is 1. The Hall–Kier alpha value is -3.35. The number of fused-ring (bicyclic) bond motifs is 9. The number of benzene rings is 3. The molecule has 3 N–H and O–H groups in total. The van der Waals surface area contributed by atoms with Gasteiger partial charge in [0, 0.05) is 52.2 Å². The third-order valence-corrected chi connectivity index (χ3v) is 7.41. The van der Waals surface area contributed by atoms with Crippen LogP contribution in [0.4, 0.5) is 0 Å². The summed E-state index contributed by atoms with van der Waals surface area (Å²) in [4.78, 5) is 13.1. The second-order valence-corrected chi connectivity index (χ2v) is 9.03. The van der Waals surface area contributed by atoms with Crippen LogP contribution in [0.5, 0.6) is 0 Å². The molecule has 1 amide bonds. The van der Waals surface area contributed by atoms with E-state index < -0.39 is 12.2 Å². The summed E-state index contributed by atoms with van der Waals surface area (Å²) in [6.45, 7) is 1.69. The number of carbonyl (C=O) groups is 1. The maximum atomic E-state index is 13.1. The third-order valence-electron chi connectivity index (χ3n) is 7.41. The molecular formula is C26H23N3O3. The first-order valence-electron chi connectivity index (χ1n) is 11.3. The average Bonchev–Trinajstić information content (AvgIpc) is 3.45. The van der Waals surface area contributed by atoms with Gasteiger partial charge in [-0.2, -0.15) is 0 Å². The molecule has 6 nitrogen and oxygen atoms in total. The predicted molar refractivity (Wildman–Crippen MR) is 125 cm³/mol. The van der Waals surface area contributed by atoms with Crippen LogP contribution < -0.4 is 5.32 Å². The van der Waals surface area contributed by atoms with Gasteiger partial charge in [-0.15, -0.1) is 0 Å². The SMILES string of the molecule is O=C1NCc2c1c1c3ccccc3n3c1c1c2c2ccccc2n1CCC(O)C(O)CC3. The molecule has 32 heavy (non-hydrogen) atoms. The van der Waals surface area contributed by atoms with Gasteiger partial charge in [0.2, 0.25) is 0 Å². The van der Waals surface area contributed by atoms with E-state index >= 15 is 0 Å². The highest BCUT2D eigenvalue weighted by atomic mass is 16.3. The summed E-state index contributed by atoms with van der Waals surface area (Å²) in [7, 11) is 0. The zero-order valence-corrected chi connectivity index (χ0v) is 17.5. The first-order valence-corrected chi connectivity index (χ1v) is 11.3. The van der Waals surface area contributed by atoms with Crippen molar-refractivity contribution < 1.29 is 15.0 Å². The minimum absolute atomic E-state index is 0.0193. The van der Waals surface area contributed by atoms with Gasteiger partial charge in [0.15, 0.2) is 0 Å². The molecule has 0 radical (unpaired) electrons. The Kier molecular flexibility index (Phi) is 3.62. The Bertz CT molecular complexity index is 1590. The van der Waals surface area contributed by atoms with Gasteiger partial charge in [0.05, 0.1) is 28.8 Å². The van der Waals surface area contributed by atoms with Gasteiger partial charge >= 0.3 is 0 Å². The largest absolute Gasteiger partial charge is 0.390 e. The van der Waals surface area contributed by atoms with Crippen LogP contribution in [-0.2, 0) is 19.6 Å². The second-order valence-electron chi connectivity index (χ2n) is 9.03. The minimum Gasteiger partial charge on any atom is -0.390 e. The van der Waals surface area contributed by atoms with Crippen molar-refractivity contribution in [2.45, 2.75) is 44.7 Å². The molecule has 2 aromatic heterocycles. The van der Waals surface area contributed by atoms with Gasteiger partial charge in [-0.05, 0) is 30.5 Å². The molecule has 2 unspecified atom stereocenters. The number of hydrogen-bond donors (Lipinski definition) is 3. The number of carbonyl (C=O) groups excluding carboxylic acids is 1. The zero-order chi connectivity index (χ0) is 21.6. The molecule has 2 aliphatic rings. The fourth-order valence-corrected chi connectivity index (χ4v) is 5.99. The van der Waals surface area contributed by atoms with Crippen LogP contribution >= 0.6 is 0 Å². The first-order chi connectivity index (χ1) is 15.6. The summed E-state index contributed by atoms with van der Waals surface area (Å²) in [6, 6.07) is 16.5. The van der Waals surface area contributed by atoms with Crippen molar-refractivity contribution >= 4 is 49.5 Å². The Morgan fingerprint density at radius 1 is 0.781 bits per heavy atom. The van der Waals surface area contributed by atoms with E-state index in [1.807, 2.05) is 24.3 Å². The molecule has 3 aromatic carbocycles. The number of hydrogen-bond acceptors (Lipinski definition) is 3. The van der Waals surface area contributed by atoms with E-state index in [-0.39, 0.29) is 5.91 Å². The number of aliphatic hydroxyl groups is 2. The summed E-state index contributed by atoms with van der Waals surface area (Å²) in [6.07, 6.45) is -0.629. The van der Waals surface area contributed by atoms with Crippen molar-refractivity contribution in [2.24, 2.45) is 0 Å².